The van der Waals surface area contributed by atoms with Gasteiger partial charge in [-0.2, -0.15) is 13.2 Å². The van der Waals surface area contributed by atoms with Crippen LogP contribution >= 0.6 is 60.2 Å². The molecule has 110 valence electrons. The van der Waals surface area contributed by atoms with E-state index in [1.54, 1.807) is 6.07 Å². The summed E-state index contributed by atoms with van der Waals surface area (Å²) < 4.78 is 37.7. The van der Waals surface area contributed by atoms with Crippen molar-refractivity contribution in [1.29, 1.82) is 0 Å². The number of alkyl halides is 3. The molecule has 0 amide bonds. The standard InChI is InChI=1S/C10H9Br3F3NO.ClH/c11-4-3-5(12)9(18)8(13)7(4)6(17)1-2-10(14,15)16;/h3,6,18H,1-2,17H2;1H/t6-;/m0./s1. The number of aromatic hydroxyl groups is 1. The van der Waals surface area contributed by atoms with Crippen molar-refractivity contribution < 1.29 is 18.3 Å². The second-order valence-electron chi connectivity index (χ2n) is 3.68. The summed E-state index contributed by atoms with van der Waals surface area (Å²) >= 11 is 9.47. The Morgan fingerprint density at radius 1 is 1.21 bits per heavy atom. The van der Waals surface area contributed by atoms with Crippen LogP contribution in [0.5, 0.6) is 5.75 Å². The zero-order valence-electron chi connectivity index (χ0n) is 9.27. The van der Waals surface area contributed by atoms with Gasteiger partial charge in [-0.3, -0.25) is 0 Å². The lowest BCUT2D eigenvalue weighted by Gasteiger charge is -2.18. The van der Waals surface area contributed by atoms with Gasteiger partial charge >= 0.3 is 6.18 Å². The minimum absolute atomic E-state index is 0. The van der Waals surface area contributed by atoms with E-state index in [4.69, 9.17) is 5.73 Å². The molecule has 0 aliphatic heterocycles. The maximum Gasteiger partial charge on any atom is 0.389 e. The molecule has 0 fully saturated rings. The number of hydrogen-bond acceptors (Lipinski definition) is 2. The summed E-state index contributed by atoms with van der Waals surface area (Å²) in [6.45, 7) is 0. The van der Waals surface area contributed by atoms with E-state index >= 15 is 0 Å². The quantitative estimate of drug-likeness (QED) is 0.590. The van der Waals surface area contributed by atoms with Gasteiger partial charge in [-0.25, -0.2) is 0 Å². The fraction of sp³-hybridized carbons (Fsp3) is 0.400. The fourth-order valence-electron chi connectivity index (χ4n) is 1.40. The number of nitrogens with two attached hydrogens (primary N) is 1. The molecule has 1 aromatic rings. The lowest BCUT2D eigenvalue weighted by atomic mass is 10.0. The Hall–Kier alpha value is 0.500. The van der Waals surface area contributed by atoms with Crippen LogP contribution < -0.4 is 5.73 Å². The molecule has 1 rings (SSSR count). The molecule has 0 aromatic heterocycles. The van der Waals surface area contributed by atoms with Gasteiger partial charge in [0.05, 0.1) is 8.95 Å². The van der Waals surface area contributed by atoms with Crippen LogP contribution in [0.2, 0.25) is 0 Å². The molecule has 0 spiro atoms. The summed E-state index contributed by atoms with van der Waals surface area (Å²) in [5.74, 6) is -0.0874. The first-order chi connectivity index (χ1) is 8.13. The van der Waals surface area contributed by atoms with E-state index in [-0.39, 0.29) is 24.6 Å². The minimum atomic E-state index is -4.24. The van der Waals surface area contributed by atoms with Crippen LogP contribution in [0.15, 0.2) is 19.5 Å². The molecule has 3 N–H and O–H groups in total. The molecule has 2 nitrogen and oxygen atoms in total. The van der Waals surface area contributed by atoms with Gasteiger partial charge in [0, 0.05) is 22.5 Å². The summed E-state index contributed by atoms with van der Waals surface area (Å²) in [7, 11) is 0. The van der Waals surface area contributed by atoms with E-state index in [2.05, 4.69) is 47.8 Å². The van der Waals surface area contributed by atoms with E-state index in [0.29, 0.717) is 19.0 Å². The maximum absolute atomic E-state index is 12.1. The minimum Gasteiger partial charge on any atom is -0.506 e. The molecule has 0 unspecified atom stereocenters. The van der Waals surface area contributed by atoms with Crippen LogP contribution in [-0.4, -0.2) is 11.3 Å². The van der Waals surface area contributed by atoms with Crippen LogP contribution in [0.1, 0.15) is 24.4 Å². The average Bonchev–Trinajstić information content (AvgIpc) is 2.22. The third-order valence-electron chi connectivity index (χ3n) is 2.29. The van der Waals surface area contributed by atoms with Crippen molar-refractivity contribution >= 4 is 60.2 Å². The number of halogens is 7. The van der Waals surface area contributed by atoms with Crippen LogP contribution in [0, 0.1) is 0 Å². The first-order valence-corrected chi connectivity index (χ1v) is 7.20. The number of rotatable bonds is 3. The monoisotopic (exact) mass is 489 g/mol. The summed E-state index contributed by atoms with van der Waals surface area (Å²) in [5, 5.41) is 9.70. The van der Waals surface area contributed by atoms with Crippen molar-refractivity contribution in [2.45, 2.75) is 25.1 Å². The molecule has 0 heterocycles. The second-order valence-corrected chi connectivity index (χ2v) is 6.18. The third-order valence-corrected chi connectivity index (χ3v) is 4.35. The lowest BCUT2D eigenvalue weighted by Crippen LogP contribution is -2.16. The predicted molar refractivity (Wildman–Crippen MR) is 80.7 cm³/mol. The summed E-state index contributed by atoms with van der Waals surface area (Å²) in [5.41, 5.74) is 6.15. The molecular weight excluding hydrogens is 482 g/mol. The average molecular weight is 492 g/mol. The van der Waals surface area contributed by atoms with Crippen molar-refractivity contribution in [2.24, 2.45) is 5.73 Å². The normalized spacial score (nSPS) is 13.0. The highest BCUT2D eigenvalue weighted by Gasteiger charge is 2.29. The second kappa shape index (κ2) is 7.49. The number of benzene rings is 1. The van der Waals surface area contributed by atoms with Gasteiger partial charge in [0.2, 0.25) is 0 Å². The smallest absolute Gasteiger partial charge is 0.389 e. The molecule has 19 heavy (non-hydrogen) atoms. The number of hydrogen-bond donors (Lipinski definition) is 2. The Kier molecular flexibility index (Phi) is 7.69. The van der Waals surface area contributed by atoms with Crippen LogP contribution in [0.4, 0.5) is 13.2 Å². The first kappa shape index (κ1) is 19.5. The third kappa shape index (κ3) is 5.41. The van der Waals surface area contributed by atoms with Crippen LogP contribution in [0.3, 0.4) is 0 Å². The Bertz CT molecular complexity index is 457. The van der Waals surface area contributed by atoms with Crippen molar-refractivity contribution in [3.63, 3.8) is 0 Å². The zero-order chi connectivity index (χ0) is 14.1. The van der Waals surface area contributed by atoms with Crippen LogP contribution in [-0.2, 0) is 0 Å². The van der Waals surface area contributed by atoms with Gasteiger partial charge < -0.3 is 10.8 Å². The Morgan fingerprint density at radius 2 is 1.74 bits per heavy atom. The van der Waals surface area contributed by atoms with Gasteiger partial charge in [-0.05, 0) is 44.3 Å². The SMILES string of the molecule is Cl.N[C@@H](CCC(F)(F)F)c1c(Br)cc(Br)c(O)c1Br. The molecule has 1 aromatic carbocycles. The van der Waals surface area contributed by atoms with Crippen molar-refractivity contribution in [1.82, 2.24) is 0 Å². The van der Waals surface area contributed by atoms with E-state index in [1.165, 1.54) is 0 Å². The van der Waals surface area contributed by atoms with Gasteiger partial charge in [0.25, 0.3) is 0 Å². The number of phenols is 1. The van der Waals surface area contributed by atoms with Gasteiger partial charge in [0.15, 0.2) is 0 Å². The fourth-order valence-corrected chi connectivity index (χ4v) is 4.11. The van der Waals surface area contributed by atoms with Gasteiger partial charge in [0.1, 0.15) is 5.75 Å². The lowest BCUT2D eigenvalue weighted by molar-refractivity contribution is -0.136. The molecular formula is C10H10Br3ClF3NO. The summed E-state index contributed by atoms with van der Waals surface area (Å²) in [6.07, 6.45) is -5.46. The summed E-state index contributed by atoms with van der Waals surface area (Å²) in [6, 6.07) is 0.720. The highest BCUT2D eigenvalue weighted by Crippen LogP contribution is 2.42. The van der Waals surface area contributed by atoms with E-state index in [1.807, 2.05) is 0 Å². The van der Waals surface area contributed by atoms with E-state index in [9.17, 15) is 18.3 Å². The maximum atomic E-state index is 12.1. The van der Waals surface area contributed by atoms with Crippen molar-refractivity contribution in [2.75, 3.05) is 0 Å². The Morgan fingerprint density at radius 3 is 2.21 bits per heavy atom. The molecule has 0 radical (unpaired) electrons. The highest BCUT2D eigenvalue weighted by atomic mass is 79.9. The van der Waals surface area contributed by atoms with Gasteiger partial charge in [-0.15, -0.1) is 12.4 Å². The zero-order valence-corrected chi connectivity index (χ0v) is 14.8. The summed E-state index contributed by atoms with van der Waals surface area (Å²) in [4.78, 5) is 0. The molecule has 0 saturated carbocycles. The molecule has 0 aliphatic rings. The topological polar surface area (TPSA) is 46.2 Å². The Balaban J connectivity index is 0.00000324. The van der Waals surface area contributed by atoms with E-state index in [0.717, 1.165) is 0 Å². The largest absolute Gasteiger partial charge is 0.506 e. The van der Waals surface area contributed by atoms with Gasteiger partial charge in [-0.1, -0.05) is 15.9 Å². The van der Waals surface area contributed by atoms with Crippen LogP contribution in [0.25, 0.3) is 0 Å². The number of phenolic OH excluding ortho intramolecular Hbond substituents is 1. The Labute approximate surface area is 139 Å². The van der Waals surface area contributed by atoms with Crippen molar-refractivity contribution in [3.05, 3.63) is 25.0 Å². The highest BCUT2D eigenvalue weighted by molar-refractivity contribution is 9.11. The van der Waals surface area contributed by atoms with Crippen molar-refractivity contribution in [3.8, 4) is 5.75 Å². The molecule has 0 saturated heterocycles. The van der Waals surface area contributed by atoms with E-state index < -0.39 is 18.6 Å². The molecule has 1 atom stereocenters. The molecule has 9 heteroatoms. The first-order valence-electron chi connectivity index (χ1n) is 4.82. The molecule has 0 aliphatic carbocycles. The predicted octanol–water partition coefficient (Wildman–Crippen LogP) is 5.44. The molecule has 0 bridgehead atoms.